The van der Waals surface area contributed by atoms with Crippen LogP contribution in [0.4, 0.5) is 0 Å². The van der Waals surface area contributed by atoms with Crippen LogP contribution in [-0.4, -0.2) is 25.2 Å². The van der Waals surface area contributed by atoms with Gasteiger partial charge in [-0.2, -0.15) is 0 Å². The molecule has 1 aromatic heterocycles. The highest BCUT2D eigenvalue weighted by Gasteiger charge is 2.25. The van der Waals surface area contributed by atoms with Crippen LogP contribution in [-0.2, 0) is 4.74 Å². The molecule has 1 N–H and O–H groups in total. The maximum atomic E-state index is 5.50. The van der Waals surface area contributed by atoms with Crippen molar-refractivity contribution in [2.45, 2.75) is 25.8 Å². The van der Waals surface area contributed by atoms with Crippen LogP contribution in [0.5, 0.6) is 0 Å². The first-order chi connectivity index (χ1) is 9.79. The summed E-state index contributed by atoms with van der Waals surface area (Å²) in [4.78, 5) is 4.65. The Morgan fingerprint density at radius 2 is 2.00 bits per heavy atom. The standard InChI is InChI=1S/C17H22N2O/c1-12-11-15(14-5-3-4-6-16(14)19-12)17(18-2)13-7-9-20-10-8-13/h3-6,11,13,17-18H,7-10H2,1-2H3. The SMILES string of the molecule is CNC(c1cc(C)nc2ccccc12)C1CCOCC1. The number of hydrogen-bond acceptors (Lipinski definition) is 3. The summed E-state index contributed by atoms with van der Waals surface area (Å²) in [5, 5.41) is 4.79. The van der Waals surface area contributed by atoms with Crippen LogP contribution in [0.3, 0.4) is 0 Å². The molecule has 3 nitrogen and oxygen atoms in total. The number of nitrogens with zero attached hydrogens (tertiary/aromatic N) is 1. The fourth-order valence-electron chi connectivity index (χ4n) is 3.29. The van der Waals surface area contributed by atoms with Crippen molar-refractivity contribution in [2.24, 2.45) is 5.92 Å². The molecular weight excluding hydrogens is 248 g/mol. The Hall–Kier alpha value is -1.45. The molecule has 2 aromatic rings. The van der Waals surface area contributed by atoms with Gasteiger partial charge in [0.2, 0.25) is 0 Å². The summed E-state index contributed by atoms with van der Waals surface area (Å²) in [6.07, 6.45) is 2.25. The Balaban J connectivity index is 2.06. The van der Waals surface area contributed by atoms with Crippen molar-refractivity contribution in [3.63, 3.8) is 0 Å². The van der Waals surface area contributed by atoms with E-state index in [9.17, 15) is 0 Å². The third-order valence-corrected chi connectivity index (χ3v) is 4.26. The molecule has 3 rings (SSSR count). The zero-order chi connectivity index (χ0) is 13.9. The number of aromatic nitrogens is 1. The summed E-state index contributed by atoms with van der Waals surface area (Å²) in [7, 11) is 2.06. The minimum Gasteiger partial charge on any atom is -0.381 e. The van der Waals surface area contributed by atoms with Crippen LogP contribution in [0.2, 0.25) is 0 Å². The van der Waals surface area contributed by atoms with Crippen molar-refractivity contribution in [1.29, 1.82) is 0 Å². The average Bonchev–Trinajstić information content (AvgIpc) is 2.49. The molecule has 0 bridgehead atoms. The Bertz CT molecular complexity index is 591. The van der Waals surface area contributed by atoms with Gasteiger partial charge in [-0.15, -0.1) is 0 Å². The fraction of sp³-hybridized carbons (Fsp3) is 0.471. The van der Waals surface area contributed by atoms with E-state index >= 15 is 0 Å². The molecular formula is C17H22N2O. The van der Waals surface area contributed by atoms with Gasteiger partial charge >= 0.3 is 0 Å². The molecule has 1 unspecified atom stereocenters. The average molecular weight is 270 g/mol. The molecule has 0 aliphatic carbocycles. The van der Waals surface area contributed by atoms with E-state index in [2.05, 4.69) is 54.6 Å². The normalized spacial score (nSPS) is 18.3. The fourth-order valence-corrected chi connectivity index (χ4v) is 3.29. The number of rotatable bonds is 3. The first-order valence-corrected chi connectivity index (χ1v) is 7.41. The first kappa shape index (κ1) is 13.5. The molecule has 0 spiro atoms. The highest BCUT2D eigenvalue weighted by molar-refractivity contribution is 5.82. The van der Waals surface area contributed by atoms with E-state index in [1.54, 1.807) is 0 Å². The molecule has 0 amide bonds. The van der Waals surface area contributed by atoms with Gasteiger partial charge in [0.15, 0.2) is 0 Å². The molecule has 1 atom stereocenters. The molecule has 3 heteroatoms. The molecule has 106 valence electrons. The number of aryl methyl sites for hydroxylation is 1. The van der Waals surface area contributed by atoms with Gasteiger partial charge in [-0.1, -0.05) is 18.2 Å². The summed E-state index contributed by atoms with van der Waals surface area (Å²) < 4.78 is 5.50. The van der Waals surface area contributed by atoms with E-state index in [4.69, 9.17) is 4.74 Å². The number of hydrogen-bond donors (Lipinski definition) is 1. The maximum Gasteiger partial charge on any atom is 0.0708 e. The van der Waals surface area contributed by atoms with Gasteiger partial charge in [0.05, 0.1) is 5.52 Å². The summed E-state index contributed by atoms with van der Waals surface area (Å²) in [6.45, 7) is 3.84. The van der Waals surface area contributed by atoms with Crippen molar-refractivity contribution in [3.8, 4) is 0 Å². The number of benzene rings is 1. The first-order valence-electron chi connectivity index (χ1n) is 7.41. The minimum absolute atomic E-state index is 0.380. The zero-order valence-electron chi connectivity index (χ0n) is 12.2. The Labute approximate surface area is 120 Å². The lowest BCUT2D eigenvalue weighted by Gasteiger charge is -2.31. The van der Waals surface area contributed by atoms with Gasteiger partial charge < -0.3 is 10.1 Å². The van der Waals surface area contributed by atoms with Gasteiger partial charge in [0, 0.05) is 30.3 Å². The van der Waals surface area contributed by atoms with E-state index in [0.29, 0.717) is 12.0 Å². The maximum absolute atomic E-state index is 5.50. The van der Waals surface area contributed by atoms with Gasteiger partial charge in [-0.05, 0) is 50.4 Å². The summed E-state index contributed by atoms with van der Waals surface area (Å²) >= 11 is 0. The predicted molar refractivity (Wildman–Crippen MR) is 81.8 cm³/mol. The second kappa shape index (κ2) is 5.90. The number of pyridine rings is 1. The second-order valence-corrected chi connectivity index (χ2v) is 5.59. The second-order valence-electron chi connectivity index (χ2n) is 5.59. The number of ether oxygens (including phenoxy) is 1. The largest absolute Gasteiger partial charge is 0.381 e. The van der Waals surface area contributed by atoms with Gasteiger partial charge in [-0.3, -0.25) is 4.98 Å². The smallest absolute Gasteiger partial charge is 0.0708 e. The number of fused-ring (bicyclic) bond motifs is 1. The Kier molecular flexibility index (Phi) is 3.99. The van der Waals surface area contributed by atoms with Crippen molar-refractivity contribution in [2.75, 3.05) is 20.3 Å². The molecule has 0 radical (unpaired) electrons. The third kappa shape index (κ3) is 2.56. The molecule has 1 aromatic carbocycles. The zero-order valence-corrected chi connectivity index (χ0v) is 12.2. The summed E-state index contributed by atoms with van der Waals surface area (Å²) in [5.74, 6) is 0.638. The molecule has 1 saturated heterocycles. The van der Waals surface area contributed by atoms with Crippen molar-refractivity contribution >= 4 is 10.9 Å². The summed E-state index contributed by atoms with van der Waals surface area (Å²) in [5.41, 5.74) is 3.56. The van der Waals surface area contributed by atoms with Crippen LogP contribution >= 0.6 is 0 Å². The van der Waals surface area contributed by atoms with E-state index in [1.165, 1.54) is 10.9 Å². The Morgan fingerprint density at radius 1 is 1.25 bits per heavy atom. The Morgan fingerprint density at radius 3 is 2.75 bits per heavy atom. The highest BCUT2D eigenvalue weighted by Crippen LogP contribution is 2.33. The number of para-hydroxylation sites is 1. The lowest BCUT2D eigenvalue weighted by atomic mass is 9.85. The van der Waals surface area contributed by atoms with Crippen molar-refractivity contribution in [3.05, 3.63) is 41.6 Å². The van der Waals surface area contributed by atoms with E-state index < -0.39 is 0 Å². The summed E-state index contributed by atoms with van der Waals surface area (Å²) in [6, 6.07) is 11.0. The van der Waals surface area contributed by atoms with E-state index in [1.807, 2.05) is 0 Å². The number of nitrogens with one attached hydrogen (secondary N) is 1. The van der Waals surface area contributed by atoms with Crippen LogP contribution in [0, 0.1) is 12.8 Å². The molecule has 2 heterocycles. The van der Waals surface area contributed by atoms with E-state index in [0.717, 1.165) is 37.3 Å². The van der Waals surface area contributed by atoms with Crippen LogP contribution < -0.4 is 5.32 Å². The lowest BCUT2D eigenvalue weighted by Crippen LogP contribution is -2.30. The topological polar surface area (TPSA) is 34.2 Å². The van der Waals surface area contributed by atoms with Crippen molar-refractivity contribution in [1.82, 2.24) is 10.3 Å². The molecule has 20 heavy (non-hydrogen) atoms. The predicted octanol–water partition coefficient (Wildman–Crippen LogP) is 3.23. The monoisotopic (exact) mass is 270 g/mol. The van der Waals surface area contributed by atoms with Crippen molar-refractivity contribution < 1.29 is 4.74 Å². The van der Waals surface area contributed by atoms with Crippen LogP contribution in [0.25, 0.3) is 10.9 Å². The lowest BCUT2D eigenvalue weighted by molar-refractivity contribution is 0.0548. The van der Waals surface area contributed by atoms with Gasteiger partial charge in [-0.25, -0.2) is 0 Å². The quantitative estimate of drug-likeness (QED) is 0.929. The molecule has 1 aliphatic heterocycles. The van der Waals surface area contributed by atoms with E-state index in [-0.39, 0.29) is 0 Å². The van der Waals surface area contributed by atoms with Gasteiger partial charge in [0.25, 0.3) is 0 Å². The third-order valence-electron chi connectivity index (χ3n) is 4.26. The minimum atomic E-state index is 0.380. The van der Waals surface area contributed by atoms with Crippen LogP contribution in [0.1, 0.15) is 30.1 Å². The molecule has 1 aliphatic rings. The molecule has 1 fully saturated rings. The van der Waals surface area contributed by atoms with Crippen LogP contribution in [0.15, 0.2) is 30.3 Å². The van der Waals surface area contributed by atoms with Gasteiger partial charge in [0.1, 0.15) is 0 Å². The highest BCUT2D eigenvalue weighted by atomic mass is 16.5. The molecule has 0 saturated carbocycles.